The molecular formula is C98H133N11O18. The van der Waals surface area contributed by atoms with Crippen LogP contribution in [0.1, 0.15) is 252 Å². The number of hydrogen-bond donors (Lipinski definition) is 7. The first-order valence-corrected chi connectivity index (χ1v) is 44.5. The number of carbonyl (C=O) groups is 7. The van der Waals surface area contributed by atoms with E-state index in [0.717, 1.165) is 132 Å². The van der Waals surface area contributed by atoms with E-state index < -0.39 is 23.6 Å². The zero-order valence-electron chi connectivity index (χ0n) is 77.8. The molecule has 10 heterocycles. The SMILES string of the molecule is C=Cc1c(C)c2cc3nc(c(CC(=O)OC)c4nc(cc5[nH]c(cc1[nH]2)c(C)c5CC)C(C)=C4C(=O)NCCCOCCOCCOCCCC)C(CCC(=O)OC)C3C.C=Cc1c(C)c2cc3nc(c(CC(=O)OC)c4nc(cc5[nH]c(cc1[nH]2)c(C)c5CC)C(C)=C4C(=O)NCCCOCCOCCOCCCNC(=O)OC(C)(C)C)C(CCC(=O)OC)C3C. The first kappa shape index (κ1) is 99.8. The number of alkyl carbamates (subject to hydrolysis) is 1. The van der Waals surface area contributed by atoms with E-state index in [1.807, 2.05) is 84.9 Å². The number of hydrogen-bond acceptors (Lipinski definition) is 22. The second-order valence-corrected chi connectivity index (χ2v) is 33.1. The van der Waals surface area contributed by atoms with Gasteiger partial charge in [-0.3, -0.25) is 38.7 Å². The Morgan fingerprint density at radius 2 is 0.756 bits per heavy atom. The number of fused-ring (bicyclic) bond motifs is 16. The van der Waals surface area contributed by atoms with E-state index in [1.54, 1.807) is 0 Å². The standard InChI is InChI=1S/C51H70N6O10.C47H63N5O8/c1-12-34-30(3)38-27-40-32(5)36(16-17-44(58)62-10)47(56-40)37(26-45(59)63-11)48-46(33(6)41(57-48)29-43-35(13-2)31(4)39(55-43)28-42(34)54-38)49(60)52-18-14-20-64-22-24-66-25-23-65-21-15-19-53-50(61)67-51(7,8)9;1-10-13-18-58-20-22-60-23-21-59-19-14-17-48-47(55)44-31(7)39-27-41-33(12-3)29(5)37(50-41)26-40-32(11-2)28(4)36(49-40)25-38-30(6)34(15-16-42(53)56-8)45(51-38)35(46(44)52-39)24-43(54)57-9/h12,27-29,32,36,54-55H,1,13-26H2,2-11H3,(H,52,60)(H,53,61);11,25-27,30,34,49-50H,2,10,12-24H2,1,3-9H3,(H,48,55). The number of aromatic nitrogens is 8. The number of rotatable bonds is 43. The Kier molecular flexibility index (Phi) is 38.0. The highest BCUT2D eigenvalue weighted by Gasteiger charge is 2.39. The molecule has 0 aliphatic carbocycles. The Morgan fingerprint density at radius 1 is 0.417 bits per heavy atom. The van der Waals surface area contributed by atoms with Gasteiger partial charge in [0.05, 0.1) is 139 Å². The van der Waals surface area contributed by atoms with Gasteiger partial charge in [0.2, 0.25) is 0 Å². The molecule has 0 fully saturated rings. The second-order valence-electron chi connectivity index (χ2n) is 33.1. The number of esters is 4. The number of carbonyl (C=O) groups excluding carboxylic acids is 7. The van der Waals surface area contributed by atoms with Crippen LogP contribution in [0.5, 0.6) is 0 Å². The summed E-state index contributed by atoms with van der Waals surface area (Å²) in [7, 11) is 5.39. The minimum atomic E-state index is -0.538. The Morgan fingerprint density at radius 3 is 1.09 bits per heavy atom. The fourth-order valence-electron chi connectivity index (χ4n) is 16.3. The number of nitrogens with zero attached hydrogens (tertiary/aromatic N) is 4. The van der Waals surface area contributed by atoms with Crippen LogP contribution in [0.2, 0.25) is 0 Å². The minimum Gasteiger partial charge on any atom is -0.469 e. The van der Waals surface area contributed by atoms with Gasteiger partial charge in [0, 0.05) is 160 Å². The van der Waals surface area contributed by atoms with Gasteiger partial charge in [-0.2, -0.15) is 0 Å². The van der Waals surface area contributed by atoms with Crippen molar-refractivity contribution >= 4 is 120 Å². The highest BCUT2D eigenvalue weighted by Crippen LogP contribution is 2.47. The third-order valence-corrected chi connectivity index (χ3v) is 23.6. The molecule has 10 rings (SSSR count). The van der Waals surface area contributed by atoms with Crippen LogP contribution in [-0.2, 0) is 107 Å². The number of methoxy groups -OCH3 is 4. The number of nitrogens with one attached hydrogen (secondary N) is 7. The number of aromatic amines is 4. The number of amides is 3. The molecule has 4 aliphatic rings. The van der Waals surface area contributed by atoms with Crippen molar-refractivity contribution in [1.29, 1.82) is 0 Å². The molecule has 0 spiro atoms. The zero-order valence-corrected chi connectivity index (χ0v) is 77.8. The van der Waals surface area contributed by atoms with Crippen LogP contribution in [0.3, 0.4) is 0 Å². The van der Waals surface area contributed by atoms with Gasteiger partial charge in [-0.1, -0.05) is 66.3 Å². The molecule has 0 saturated carbocycles. The molecule has 7 N–H and O–H groups in total. The van der Waals surface area contributed by atoms with E-state index >= 15 is 0 Å². The number of H-pyrrole nitrogens is 4. The lowest BCUT2D eigenvalue weighted by molar-refractivity contribution is -0.141. The van der Waals surface area contributed by atoms with Crippen molar-refractivity contribution in [2.45, 2.75) is 210 Å². The third-order valence-electron chi connectivity index (χ3n) is 23.6. The fraction of sp³-hybridized carbons (Fsp3) is 0.520. The molecule has 4 atom stereocenters. The van der Waals surface area contributed by atoms with Crippen LogP contribution in [0.25, 0.3) is 78.6 Å². The van der Waals surface area contributed by atoms with E-state index in [0.29, 0.717) is 192 Å². The van der Waals surface area contributed by atoms with Crippen LogP contribution in [-0.4, -0.2) is 215 Å². The van der Waals surface area contributed by atoms with Crippen molar-refractivity contribution in [3.63, 3.8) is 0 Å². The lowest BCUT2D eigenvalue weighted by Crippen LogP contribution is -2.33. The summed E-state index contributed by atoms with van der Waals surface area (Å²) in [5.41, 5.74) is 22.4. The molecule has 0 saturated heterocycles. The minimum absolute atomic E-state index is 0.124. The molecule has 0 radical (unpaired) electrons. The maximum Gasteiger partial charge on any atom is 0.407 e. The molecule has 29 nitrogen and oxygen atoms in total. The van der Waals surface area contributed by atoms with Gasteiger partial charge in [0.1, 0.15) is 5.60 Å². The maximum atomic E-state index is 14.5. The number of ether oxygens (including phenoxy) is 11. The monoisotopic (exact) mass is 1750 g/mol. The largest absolute Gasteiger partial charge is 0.469 e. The number of aryl methyl sites for hydroxylation is 6. The first-order valence-electron chi connectivity index (χ1n) is 44.5. The molecule has 3 amide bonds. The highest BCUT2D eigenvalue weighted by molar-refractivity contribution is 6.28. The lowest BCUT2D eigenvalue weighted by atomic mass is 9.84. The van der Waals surface area contributed by atoms with E-state index in [9.17, 15) is 33.6 Å². The van der Waals surface area contributed by atoms with Crippen molar-refractivity contribution in [3.05, 3.63) is 151 Å². The Hall–Kier alpha value is -10.9. The zero-order chi connectivity index (χ0) is 92.2. The lowest BCUT2D eigenvalue weighted by Gasteiger charge is -2.19. The molecule has 16 bridgehead atoms. The van der Waals surface area contributed by atoms with E-state index in [4.69, 9.17) is 72.0 Å². The van der Waals surface area contributed by atoms with Gasteiger partial charge >= 0.3 is 30.0 Å². The average molecular weight is 1750 g/mol. The molecule has 6 aromatic heterocycles. The van der Waals surface area contributed by atoms with Gasteiger partial charge in [0.25, 0.3) is 11.8 Å². The van der Waals surface area contributed by atoms with Crippen molar-refractivity contribution in [1.82, 2.24) is 55.8 Å². The maximum absolute atomic E-state index is 14.5. The Labute approximate surface area is 745 Å². The molecule has 0 aromatic carbocycles. The summed E-state index contributed by atoms with van der Waals surface area (Å²) >= 11 is 0. The van der Waals surface area contributed by atoms with Crippen LogP contribution in [0, 0.1) is 27.7 Å². The molecular weight excluding hydrogens is 1620 g/mol. The summed E-state index contributed by atoms with van der Waals surface area (Å²) in [6.07, 6.45) is 9.33. The fourth-order valence-corrected chi connectivity index (χ4v) is 16.3. The summed E-state index contributed by atoms with van der Waals surface area (Å²) in [4.78, 5) is 128. The van der Waals surface area contributed by atoms with Crippen molar-refractivity contribution in [2.24, 2.45) is 0 Å². The molecule has 688 valence electrons. The topological polar surface area (TPSA) is 372 Å². The Balaban J connectivity index is 0.000000289. The van der Waals surface area contributed by atoms with Gasteiger partial charge < -0.3 is 88.0 Å². The summed E-state index contributed by atoms with van der Waals surface area (Å²) in [6, 6.07) is 12.2. The molecule has 4 unspecified atom stereocenters. The van der Waals surface area contributed by atoms with Crippen LogP contribution in [0.15, 0.2) is 49.6 Å². The van der Waals surface area contributed by atoms with Crippen LogP contribution in [0.4, 0.5) is 4.79 Å². The van der Waals surface area contributed by atoms with Crippen molar-refractivity contribution in [2.75, 3.05) is 127 Å². The predicted molar refractivity (Wildman–Crippen MR) is 495 cm³/mol. The summed E-state index contributed by atoms with van der Waals surface area (Å²) in [5.74, 6) is -3.39. The number of allylic oxidation sites excluding steroid dienone is 2. The molecule has 4 aliphatic heterocycles. The highest BCUT2D eigenvalue weighted by atomic mass is 16.6. The second kappa shape index (κ2) is 48.3. The summed E-state index contributed by atoms with van der Waals surface area (Å²) < 4.78 is 59.7. The van der Waals surface area contributed by atoms with Crippen molar-refractivity contribution < 1.29 is 85.7 Å². The van der Waals surface area contributed by atoms with E-state index in [2.05, 4.69) is 110 Å². The van der Waals surface area contributed by atoms with Crippen LogP contribution < -0.4 is 16.0 Å². The average Bonchev–Trinajstić information content (AvgIpc) is 1.60. The first-order chi connectivity index (χ1) is 61.0. The Bertz CT molecular complexity index is 5370. The summed E-state index contributed by atoms with van der Waals surface area (Å²) in [5, 5.41) is 8.86. The van der Waals surface area contributed by atoms with Gasteiger partial charge in [-0.15, -0.1) is 0 Å². The quantitative estimate of drug-likeness (QED) is 0.0106. The molecule has 127 heavy (non-hydrogen) atoms. The molecule has 6 aromatic rings. The smallest absolute Gasteiger partial charge is 0.407 e. The van der Waals surface area contributed by atoms with Crippen LogP contribution >= 0.6 is 0 Å². The number of unbranched alkanes of at least 4 members (excludes halogenated alkanes) is 1. The van der Waals surface area contributed by atoms with E-state index in [-0.39, 0.29) is 73.1 Å². The van der Waals surface area contributed by atoms with Crippen molar-refractivity contribution in [3.8, 4) is 0 Å². The third kappa shape index (κ3) is 26.2. The van der Waals surface area contributed by atoms with Gasteiger partial charge in [-0.25, -0.2) is 14.8 Å². The van der Waals surface area contributed by atoms with Gasteiger partial charge in [-0.05, 0) is 195 Å². The normalized spacial score (nSPS) is 14.9. The van der Waals surface area contributed by atoms with Gasteiger partial charge in [0.15, 0.2) is 0 Å². The molecule has 29 heteroatoms. The summed E-state index contributed by atoms with van der Waals surface area (Å²) in [6.45, 7) is 43.0. The predicted octanol–water partition coefficient (Wildman–Crippen LogP) is 16.1. The van der Waals surface area contributed by atoms with E-state index in [1.165, 1.54) is 28.4 Å².